The van der Waals surface area contributed by atoms with Crippen molar-refractivity contribution in [1.82, 2.24) is 9.97 Å². The van der Waals surface area contributed by atoms with Crippen LogP contribution in [0.25, 0.3) is 22.0 Å². The molecular formula is C16H15N3O2. The lowest BCUT2D eigenvalue weighted by Crippen LogP contribution is -2.32. The Hall–Kier alpha value is -2.66. The third-order valence-corrected chi connectivity index (χ3v) is 3.52. The number of hydrogen-bond donors (Lipinski definition) is 3. The van der Waals surface area contributed by atoms with Gasteiger partial charge in [0.25, 0.3) is 0 Å². The van der Waals surface area contributed by atoms with E-state index in [2.05, 4.69) is 9.97 Å². The average molecular weight is 281 g/mol. The molecule has 106 valence electrons. The maximum absolute atomic E-state index is 10.9. The summed E-state index contributed by atoms with van der Waals surface area (Å²) in [6, 6.07) is 9.02. The number of fused-ring (bicyclic) bond motifs is 1. The number of nitrogens with one attached hydrogen (secondary N) is 1. The molecule has 3 aromatic rings. The normalized spacial score (nSPS) is 12.4. The summed E-state index contributed by atoms with van der Waals surface area (Å²) in [5, 5.41) is 9.90. The predicted molar refractivity (Wildman–Crippen MR) is 80.8 cm³/mol. The van der Waals surface area contributed by atoms with Crippen LogP contribution in [0.5, 0.6) is 0 Å². The van der Waals surface area contributed by atoms with Gasteiger partial charge in [0.05, 0.1) is 0 Å². The lowest BCUT2D eigenvalue weighted by molar-refractivity contribution is -0.138. The van der Waals surface area contributed by atoms with Gasteiger partial charge in [-0.2, -0.15) is 0 Å². The largest absolute Gasteiger partial charge is 0.480 e. The van der Waals surface area contributed by atoms with Gasteiger partial charge in [-0.25, -0.2) is 0 Å². The van der Waals surface area contributed by atoms with E-state index in [0.717, 1.165) is 27.6 Å². The first kappa shape index (κ1) is 13.3. The van der Waals surface area contributed by atoms with E-state index in [-0.39, 0.29) is 0 Å². The number of hydrogen-bond acceptors (Lipinski definition) is 3. The molecule has 5 heteroatoms. The van der Waals surface area contributed by atoms with Gasteiger partial charge in [0.1, 0.15) is 6.04 Å². The molecule has 0 fully saturated rings. The fourth-order valence-electron chi connectivity index (χ4n) is 2.39. The number of aliphatic carboxylic acids is 1. The van der Waals surface area contributed by atoms with Crippen molar-refractivity contribution in [2.75, 3.05) is 0 Å². The van der Waals surface area contributed by atoms with Crippen molar-refractivity contribution in [3.05, 3.63) is 54.5 Å². The molecule has 4 N–H and O–H groups in total. The van der Waals surface area contributed by atoms with E-state index in [9.17, 15) is 4.79 Å². The first-order chi connectivity index (χ1) is 10.1. The zero-order valence-corrected chi connectivity index (χ0v) is 11.3. The summed E-state index contributed by atoms with van der Waals surface area (Å²) in [5.74, 6) is -0.990. The maximum Gasteiger partial charge on any atom is 0.320 e. The predicted octanol–water partition coefficient (Wildman–Crippen LogP) is 2.18. The molecule has 3 rings (SSSR count). The van der Waals surface area contributed by atoms with Crippen LogP contribution in [0.3, 0.4) is 0 Å². The highest BCUT2D eigenvalue weighted by Crippen LogP contribution is 2.26. The van der Waals surface area contributed by atoms with Gasteiger partial charge in [-0.05, 0) is 23.3 Å². The third kappa shape index (κ3) is 2.64. The zero-order chi connectivity index (χ0) is 14.8. The molecule has 0 saturated heterocycles. The molecule has 0 saturated carbocycles. The van der Waals surface area contributed by atoms with Gasteiger partial charge in [0.2, 0.25) is 0 Å². The first-order valence-corrected chi connectivity index (χ1v) is 6.64. The number of benzene rings is 1. The molecule has 0 radical (unpaired) electrons. The molecule has 1 atom stereocenters. The van der Waals surface area contributed by atoms with Crippen LogP contribution >= 0.6 is 0 Å². The SMILES string of the molecule is NC(Cc1c[nH]c2cc(-c3cccnc3)ccc12)C(=O)O. The molecule has 2 aromatic heterocycles. The number of carbonyl (C=O) groups is 1. The van der Waals surface area contributed by atoms with E-state index < -0.39 is 12.0 Å². The van der Waals surface area contributed by atoms with Gasteiger partial charge in [-0.1, -0.05) is 18.2 Å². The molecule has 1 aromatic carbocycles. The van der Waals surface area contributed by atoms with Gasteiger partial charge in [0, 0.05) is 41.5 Å². The minimum absolute atomic E-state index is 0.307. The molecule has 0 amide bonds. The molecule has 0 aliphatic carbocycles. The number of nitrogens with two attached hydrogens (primary N) is 1. The van der Waals surface area contributed by atoms with E-state index >= 15 is 0 Å². The van der Waals surface area contributed by atoms with Crippen LogP contribution in [-0.2, 0) is 11.2 Å². The molecule has 2 heterocycles. The second kappa shape index (κ2) is 5.38. The smallest absolute Gasteiger partial charge is 0.320 e. The van der Waals surface area contributed by atoms with Crippen LogP contribution < -0.4 is 5.73 Å². The van der Waals surface area contributed by atoms with Crippen LogP contribution in [-0.4, -0.2) is 27.1 Å². The van der Waals surface area contributed by atoms with Gasteiger partial charge < -0.3 is 15.8 Å². The van der Waals surface area contributed by atoms with Gasteiger partial charge >= 0.3 is 5.97 Å². The zero-order valence-electron chi connectivity index (χ0n) is 11.3. The van der Waals surface area contributed by atoms with E-state index in [1.807, 2.05) is 42.7 Å². The van der Waals surface area contributed by atoms with Crippen molar-refractivity contribution in [2.45, 2.75) is 12.5 Å². The lowest BCUT2D eigenvalue weighted by atomic mass is 10.0. The van der Waals surface area contributed by atoms with Gasteiger partial charge in [0.15, 0.2) is 0 Å². The van der Waals surface area contributed by atoms with Gasteiger partial charge in [-0.3, -0.25) is 9.78 Å². The number of aromatic nitrogens is 2. The second-order valence-electron chi connectivity index (χ2n) is 4.96. The first-order valence-electron chi connectivity index (χ1n) is 6.64. The van der Waals surface area contributed by atoms with E-state index in [1.54, 1.807) is 6.20 Å². The number of H-pyrrole nitrogens is 1. The highest BCUT2D eigenvalue weighted by molar-refractivity contribution is 5.88. The highest BCUT2D eigenvalue weighted by atomic mass is 16.4. The summed E-state index contributed by atoms with van der Waals surface area (Å²) in [7, 11) is 0. The van der Waals surface area contributed by atoms with Crippen LogP contribution in [0.15, 0.2) is 48.9 Å². The molecule has 0 bridgehead atoms. The molecule has 21 heavy (non-hydrogen) atoms. The van der Waals surface area contributed by atoms with Crippen LogP contribution in [0.2, 0.25) is 0 Å². The second-order valence-corrected chi connectivity index (χ2v) is 4.96. The summed E-state index contributed by atoms with van der Waals surface area (Å²) in [6.45, 7) is 0. The number of carboxylic acid groups (broad SMARTS) is 1. The number of nitrogens with zero attached hydrogens (tertiary/aromatic N) is 1. The van der Waals surface area contributed by atoms with Crippen molar-refractivity contribution in [2.24, 2.45) is 5.73 Å². The van der Waals surface area contributed by atoms with Crippen LogP contribution in [0.1, 0.15) is 5.56 Å². The Kier molecular flexibility index (Phi) is 3.41. The standard InChI is InChI=1S/C16H15N3O2/c17-14(16(20)21)6-12-9-19-15-7-10(3-4-13(12)15)11-2-1-5-18-8-11/h1-5,7-9,14,19H,6,17H2,(H,20,21). The van der Waals surface area contributed by atoms with Gasteiger partial charge in [-0.15, -0.1) is 0 Å². The Morgan fingerprint density at radius 3 is 2.90 bits per heavy atom. The van der Waals surface area contributed by atoms with E-state index in [0.29, 0.717) is 6.42 Å². The number of rotatable bonds is 4. The van der Waals surface area contributed by atoms with Crippen LogP contribution in [0.4, 0.5) is 0 Å². The Labute approximate surface area is 121 Å². The molecule has 5 nitrogen and oxygen atoms in total. The lowest BCUT2D eigenvalue weighted by Gasteiger charge is -2.05. The molecule has 0 aliphatic heterocycles. The average Bonchev–Trinajstić information content (AvgIpc) is 2.90. The van der Waals surface area contributed by atoms with E-state index in [1.165, 1.54) is 0 Å². The Morgan fingerprint density at radius 2 is 2.19 bits per heavy atom. The number of carboxylic acids is 1. The Balaban J connectivity index is 1.96. The fraction of sp³-hybridized carbons (Fsp3) is 0.125. The Bertz CT molecular complexity index is 781. The minimum Gasteiger partial charge on any atom is -0.480 e. The summed E-state index contributed by atoms with van der Waals surface area (Å²) < 4.78 is 0. The van der Waals surface area contributed by atoms with Crippen LogP contribution in [0, 0.1) is 0 Å². The third-order valence-electron chi connectivity index (χ3n) is 3.52. The Morgan fingerprint density at radius 1 is 1.33 bits per heavy atom. The fourth-order valence-corrected chi connectivity index (χ4v) is 2.39. The summed E-state index contributed by atoms with van der Waals surface area (Å²) in [6.07, 6.45) is 5.68. The quantitative estimate of drug-likeness (QED) is 0.683. The van der Waals surface area contributed by atoms with Crippen molar-refractivity contribution in [3.63, 3.8) is 0 Å². The van der Waals surface area contributed by atoms with E-state index in [4.69, 9.17) is 10.8 Å². The summed E-state index contributed by atoms with van der Waals surface area (Å²) >= 11 is 0. The van der Waals surface area contributed by atoms with Crippen molar-refractivity contribution in [1.29, 1.82) is 0 Å². The van der Waals surface area contributed by atoms with Crippen molar-refractivity contribution >= 4 is 16.9 Å². The molecule has 0 aliphatic rings. The molecule has 1 unspecified atom stereocenters. The maximum atomic E-state index is 10.9. The number of aromatic amines is 1. The van der Waals surface area contributed by atoms with Crippen molar-refractivity contribution in [3.8, 4) is 11.1 Å². The van der Waals surface area contributed by atoms with Crippen molar-refractivity contribution < 1.29 is 9.90 Å². The highest BCUT2D eigenvalue weighted by Gasteiger charge is 2.15. The summed E-state index contributed by atoms with van der Waals surface area (Å²) in [5.41, 5.74) is 9.58. The molecule has 0 spiro atoms. The summed E-state index contributed by atoms with van der Waals surface area (Å²) in [4.78, 5) is 18.1. The monoisotopic (exact) mass is 281 g/mol. The number of pyridine rings is 1. The molecular weight excluding hydrogens is 266 g/mol. The minimum atomic E-state index is -0.990. The topological polar surface area (TPSA) is 92.0 Å².